The van der Waals surface area contributed by atoms with Crippen molar-refractivity contribution in [2.45, 2.75) is 37.6 Å². The zero-order valence-electron chi connectivity index (χ0n) is 8.01. The summed E-state index contributed by atoms with van der Waals surface area (Å²) >= 11 is 0. The van der Waals surface area contributed by atoms with Crippen LogP contribution in [0, 0.1) is 0 Å². The summed E-state index contributed by atoms with van der Waals surface area (Å²) in [6, 6.07) is 0. The summed E-state index contributed by atoms with van der Waals surface area (Å²) < 4.78 is 15.1. The second-order valence-corrected chi connectivity index (χ2v) is 3.13. The van der Waals surface area contributed by atoms with Gasteiger partial charge in [-0.1, -0.05) is 0 Å². The summed E-state index contributed by atoms with van der Waals surface area (Å²) in [5, 5.41) is 19.1. The molecular weight excluding hydrogens is 176 g/mol. The van der Waals surface area contributed by atoms with E-state index in [0.717, 1.165) is 0 Å². The van der Waals surface area contributed by atoms with Crippen LogP contribution in [-0.4, -0.2) is 55.1 Å². The lowest BCUT2D eigenvalue weighted by Crippen LogP contribution is -2.57. The number of hydrogen-bond acceptors (Lipinski definition) is 5. The Kier molecular flexibility index (Phi) is 3.63. The van der Waals surface area contributed by atoms with Crippen molar-refractivity contribution < 1.29 is 24.4 Å². The number of methoxy groups -OCH3 is 2. The Bertz CT molecular complexity index is 163. The predicted octanol–water partition coefficient (Wildman–Crippen LogP) is -0.886. The summed E-state index contributed by atoms with van der Waals surface area (Å²) in [5.74, 6) is 0. The molecule has 5 nitrogen and oxygen atoms in total. The summed E-state index contributed by atoms with van der Waals surface area (Å²) in [7, 11) is 2.88. The van der Waals surface area contributed by atoms with Crippen LogP contribution in [0.4, 0.5) is 0 Å². The molecule has 5 atom stereocenters. The van der Waals surface area contributed by atoms with E-state index in [0.29, 0.717) is 0 Å². The molecule has 0 aromatic heterocycles. The van der Waals surface area contributed by atoms with Crippen molar-refractivity contribution in [2.75, 3.05) is 14.2 Å². The first kappa shape index (κ1) is 10.9. The lowest BCUT2D eigenvalue weighted by molar-refractivity contribution is -0.289. The minimum atomic E-state index is -1.06. The van der Waals surface area contributed by atoms with Crippen LogP contribution in [0.1, 0.15) is 6.92 Å². The highest BCUT2D eigenvalue weighted by Crippen LogP contribution is 2.22. The second-order valence-electron chi connectivity index (χ2n) is 3.13. The normalized spacial score (nSPS) is 46.4. The van der Waals surface area contributed by atoms with Crippen LogP contribution in [0.5, 0.6) is 0 Å². The van der Waals surface area contributed by atoms with E-state index in [1.54, 1.807) is 6.92 Å². The van der Waals surface area contributed by atoms with E-state index in [1.165, 1.54) is 14.2 Å². The van der Waals surface area contributed by atoms with E-state index in [9.17, 15) is 10.2 Å². The van der Waals surface area contributed by atoms with Crippen molar-refractivity contribution in [1.29, 1.82) is 0 Å². The van der Waals surface area contributed by atoms with Gasteiger partial charge >= 0.3 is 0 Å². The van der Waals surface area contributed by atoms with Crippen LogP contribution in [0.3, 0.4) is 0 Å². The molecule has 1 rings (SSSR count). The molecule has 1 aliphatic rings. The molecule has 0 radical (unpaired) electrons. The molecule has 0 aliphatic carbocycles. The third kappa shape index (κ3) is 2.00. The Morgan fingerprint density at radius 1 is 1.08 bits per heavy atom. The minimum Gasteiger partial charge on any atom is -0.387 e. The molecule has 0 unspecified atom stereocenters. The molecule has 1 aliphatic heterocycles. The largest absolute Gasteiger partial charge is 0.387 e. The van der Waals surface area contributed by atoms with E-state index in [-0.39, 0.29) is 6.10 Å². The predicted molar refractivity (Wildman–Crippen MR) is 44.2 cm³/mol. The van der Waals surface area contributed by atoms with E-state index in [2.05, 4.69) is 0 Å². The van der Waals surface area contributed by atoms with Gasteiger partial charge in [0.05, 0.1) is 6.10 Å². The van der Waals surface area contributed by atoms with Gasteiger partial charge in [-0.25, -0.2) is 0 Å². The molecular formula is C8H16O5. The Morgan fingerprint density at radius 3 is 2.15 bits per heavy atom. The topological polar surface area (TPSA) is 68.2 Å². The van der Waals surface area contributed by atoms with Gasteiger partial charge in [-0.3, -0.25) is 0 Å². The zero-order valence-corrected chi connectivity index (χ0v) is 8.01. The molecule has 0 spiro atoms. The van der Waals surface area contributed by atoms with Crippen molar-refractivity contribution >= 4 is 0 Å². The van der Waals surface area contributed by atoms with Gasteiger partial charge in [0, 0.05) is 14.2 Å². The quantitative estimate of drug-likeness (QED) is 0.594. The lowest BCUT2D eigenvalue weighted by Gasteiger charge is -2.39. The maximum absolute atomic E-state index is 9.57. The fourth-order valence-electron chi connectivity index (χ4n) is 1.53. The van der Waals surface area contributed by atoms with Crippen molar-refractivity contribution in [2.24, 2.45) is 0 Å². The van der Waals surface area contributed by atoms with Crippen molar-refractivity contribution in [1.82, 2.24) is 0 Å². The van der Waals surface area contributed by atoms with Crippen LogP contribution in [0.15, 0.2) is 0 Å². The number of ether oxygens (including phenoxy) is 3. The van der Waals surface area contributed by atoms with Gasteiger partial charge in [-0.05, 0) is 6.92 Å². The fourth-order valence-corrected chi connectivity index (χ4v) is 1.53. The molecule has 1 saturated heterocycles. The average molecular weight is 192 g/mol. The van der Waals surface area contributed by atoms with Gasteiger partial charge in [0.1, 0.15) is 18.3 Å². The van der Waals surface area contributed by atoms with E-state index in [1.807, 2.05) is 0 Å². The maximum atomic E-state index is 9.57. The van der Waals surface area contributed by atoms with E-state index in [4.69, 9.17) is 14.2 Å². The van der Waals surface area contributed by atoms with Crippen LogP contribution in [0.25, 0.3) is 0 Å². The van der Waals surface area contributed by atoms with Gasteiger partial charge in [0.25, 0.3) is 0 Å². The summed E-state index contributed by atoms with van der Waals surface area (Å²) in [6.07, 6.45) is -3.63. The highest BCUT2D eigenvalue weighted by Gasteiger charge is 2.42. The number of aliphatic hydroxyl groups excluding tert-OH is 2. The molecule has 1 heterocycles. The lowest BCUT2D eigenvalue weighted by atomic mass is 10.00. The molecule has 0 aromatic rings. The first-order chi connectivity index (χ1) is 6.11. The van der Waals surface area contributed by atoms with E-state index < -0.39 is 24.6 Å². The van der Waals surface area contributed by atoms with Gasteiger partial charge in [0.2, 0.25) is 0 Å². The fraction of sp³-hybridized carbons (Fsp3) is 1.00. The Balaban J connectivity index is 2.66. The summed E-state index contributed by atoms with van der Waals surface area (Å²) in [6.45, 7) is 1.76. The SMILES string of the molecule is CO[C@@H]1O[C@@H](C)[C@H](OC)[C@@H](O)[C@H]1O. The average Bonchev–Trinajstić information content (AvgIpc) is 2.12. The van der Waals surface area contributed by atoms with Gasteiger partial charge in [-0.2, -0.15) is 0 Å². The van der Waals surface area contributed by atoms with Gasteiger partial charge in [0.15, 0.2) is 6.29 Å². The van der Waals surface area contributed by atoms with Crippen molar-refractivity contribution in [3.05, 3.63) is 0 Å². The van der Waals surface area contributed by atoms with Gasteiger partial charge in [-0.15, -0.1) is 0 Å². The standard InChI is InChI=1S/C8H16O5/c1-4-7(11-2)5(9)6(10)8(12-3)13-4/h4-10H,1-3H3/t4-,5-,6+,7-,8+/m0/s1. The smallest absolute Gasteiger partial charge is 0.186 e. The number of aliphatic hydroxyl groups is 2. The molecule has 0 bridgehead atoms. The third-order valence-electron chi connectivity index (χ3n) is 2.28. The molecule has 13 heavy (non-hydrogen) atoms. The van der Waals surface area contributed by atoms with Crippen LogP contribution in [-0.2, 0) is 14.2 Å². The molecule has 1 fully saturated rings. The molecule has 5 heteroatoms. The first-order valence-corrected chi connectivity index (χ1v) is 4.19. The molecule has 0 amide bonds. The first-order valence-electron chi connectivity index (χ1n) is 4.19. The van der Waals surface area contributed by atoms with Crippen LogP contribution in [0.2, 0.25) is 0 Å². The summed E-state index contributed by atoms with van der Waals surface area (Å²) in [5.41, 5.74) is 0. The molecule has 2 N–H and O–H groups in total. The Hall–Kier alpha value is -0.200. The Morgan fingerprint density at radius 2 is 1.69 bits per heavy atom. The monoisotopic (exact) mass is 192 g/mol. The maximum Gasteiger partial charge on any atom is 0.186 e. The Labute approximate surface area is 77.2 Å². The van der Waals surface area contributed by atoms with Crippen LogP contribution < -0.4 is 0 Å². The van der Waals surface area contributed by atoms with E-state index >= 15 is 0 Å². The van der Waals surface area contributed by atoms with Crippen molar-refractivity contribution in [3.63, 3.8) is 0 Å². The van der Waals surface area contributed by atoms with Crippen LogP contribution >= 0.6 is 0 Å². The van der Waals surface area contributed by atoms with Gasteiger partial charge < -0.3 is 24.4 Å². The second kappa shape index (κ2) is 4.34. The highest BCUT2D eigenvalue weighted by molar-refractivity contribution is 4.87. The third-order valence-corrected chi connectivity index (χ3v) is 2.28. The molecule has 78 valence electrons. The minimum absolute atomic E-state index is 0.298. The number of rotatable bonds is 2. The molecule has 0 aromatic carbocycles. The molecule has 0 saturated carbocycles. The number of hydrogen-bond donors (Lipinski definition) is 2. The zero-order chi connectivity index (χ0) is 10.0. The van der Waals surface area contributed by atoms with Crippen molar-refractivity contribution in [3.8, 4) is 0 Å². The highest BCUT2D eigenvalue weighted by atomic mass is 16.7. The summed E-state index contributed by atoms with van der Waals surface area (Å²) in [4.78, 5) is 0.